The molecule has 0 radical (unpaired) electrons. The summed E-state index contributed by atoms with van der Waals surface area (Å²) in [5, 5.41) is 11.7. The van der Waals surface area contributed by atoms with Gasteiger partial charge in [-0.25, -0.2) is 8.42 Å². The van der Waals surface area contributed by atoms with Crippen LogP contribution in [0.25, 0.3) is 0 Å². The first-order valence-corrected chi connectivity index (χ1v) is 10.3. The molecular formula is C14H22N4O3S2. The van der Waals surface area contributed by atoms with Gasteiger partial charge in [-0.2, -0.15) is 0 Å². The van der Waals surface area contributed by atoms with Gasteiger partial charge in [0.2, 0.25) is 5.91 Å². The smallest absolute Gasteiger partial charge is 0.230 e. The number of hydrogen-bond acceptors (Lipinski definition) is 6. The monoisotopic (exact) mass is 358 g/mol. The van der Waals surface area contributed by atoms with Crippen LogP contribution in [0.5, 0.6) is 0 Å². The van der Waals surface area contributed by atoms with E-state index in [9.17, 15) is 13.2 Å². The first-order chi connectivity index (χ1) is 10.8. The molecule has 0 saturated carbocycles. The molecule has 2 heterocycles. The third kappa shape index (κ3) is 4.81. The molecule has 1 aromatic rings. The van der Waals surface area contributed by atoms with Crippen molar-refractivity contribution in [3.8, 4) is 0 Å². The average Bonchev–Trinajstić information content (AvgIpc) is 2.99. The Bertz CT molecular complexity index is 682. The molecule has 0 bridgehead atoms. The van der Waals surface area contributed by atoms with Crippen molar-refractivity contribution < 1.29 is 13.2 Å². The Morgan fingerprint density at radius 1 is 1.52 bits per heavy atom. The molecule has 1 atom stereocenters. The zero-order valence-corrected chi connectivity index (χ0v) is 15.0. The Labute approximate surface area is 140 Å². The topological polar surface area (TPSA) is 93.9 Å². The van der Waals surface area contributed by atoms with Crippen molar-refractivity contribution in [2.75, 3.05) is 17.3 Å². The largest absolute Gasteiger partial charge is 0.353 e. The molecule has 1 aliphatic heterocycles. The number of rotatable bonds is 7. The highest BCUT2D eigenvalue weighted by Crippen LogP contribution is 2.30. The highest BCUT2D eigenvalue weighted by atomic mass is 32.2. The third-order valence-corrected chi connectivity index (χ3v) is 6.17. The van der Waals surface area contributed by atoms with Gasteiger partial charge >= 0.3 is 0 Å². The summed E-state index contributed by atoms with van der Waals surface area (Å²) in [5.41, 5.74) is 0. The highest BCUT2D eigenvalue weighted by molar-refractivity contribution is 7.99. The van der Waals surface area contributed by atoms with Gasteiger partial charge < -0.3 is 9.88 Å². The quantitative estimate of drug-likeness (QED) is 0.577. The zero-order chi connectivity index (χ0) is 17.0. The maximum atomic E-state index is 11.8. The van der Waals surface area contributed by atoms with Crippen LogP contribution < -0.4 is 5.32 Å². The summed E-state index contributed by atoms with van der Waals surface area (Å²) in [5.74, 6) is 1.02. The Morgan fingerprint density at radius 2 is 2.26 bits per heavy atom. The highest BCUT2D eigenvalue weighted by Gasteiger charge is 2.33. The average molecular weight is 358 g/mol. The Hall–Kier alpha value is -1.35. The zero-order valence-electron chi connectivity index (χ0n) is 13.4. The summed E-state index contributed by atoms with van der Waals surface area (Å²) in [6.07, 6.45) is 2.28. The Morgan fingerprint density at radius 3 is 2.83 bits per heavy atom. The third-order valence-electron chi connectivity index (χ3n) is 3.44. The van der Waals surface area contributed by atoms with E-state index < -0.39 is 9.84 Å². The van der Waals surface area contributed by atoms with Crippen LogP contribution in [-0.4, -0.2) is 52.4 Å². The summed E-state index contributed by atoms with van der Waals surface area (Å²) in [4.78, 5) is 11.8. The maximum absolute atomic E-state index is 11.8. The number of carbonyl (C=O) groups is 1. The fraction of sp³-hybridized carbons (Fsp3) is 0.643. The van der Waals surface area contributed by atoms with E-state index in [0.717, 1.165) is 0 Å². The van der Waals surface area contributed by atoms with Gasteiger partial charge in [0, 0.05) is 18.5 Å². The van der Waals surface area contributed by atoms with Crippen molar-refractivity contribution in [1.29, 1.82) is 0 Å². The van der Waals surface area contributed by atoms with Gasteiger partial charge in [0.25, 0.3) is 0 Å². The second kappa shape index (κ2) is 7.48. The number of sulfone groups is 1. The van der Waals surface area contributed by atoms with Crippen LogP contribution >= 0.6 is 11.8 Å². The van der Waals surface area contributed by atoms with E-state index in [-0.39, 0.29) is 35.1 Å². The van der Waals surface area contributed by atoms with Crippen LogP contribution in [0.15, 0.2) is 17.8 Å². The predicted octanol–water partition coefficient (Wildman–Crippen LogP) is 0.983. The second-order valence-electron chi connectivity index (χ2n) is 5.85. The molecule has 0 spiro atoms. The summed E-state index contributed by atoms with van der Waals surface area (Å²) in [6.45, 7) is 8.03. The fourth-order valence-corrected chi connectivity index (χ4v) is 5.01. The van der Waals surface area contributed by atoms with Gasteiger partial charge in [-0.1, -0.05) is 17.8 Å². The van der Waals surface area contributed by atoms with Crippen LogP contribution in [0, 0.1) is 0 Å². The molecule has 0 unspecified atom stereocenters. The van der Waals surface area contributed by atoms with Gasteiger partial charge in [0.15, 0.2) is 15.0 Å². The molecule has 9 heteroatoms. The van der Waals surface area contributed by atoms with E-state index in [1.165, 1.54) is 11.8 Å². The normalized spacial score (nSPS) is 19.9. The molecule has 0 aliphatic carbocycles. The summed E-state index contributed by atoms with van der Waals surface area (Å²) in [6, 6.07) is 0.0911. The predicted molar refractivity (Wildman–Crippen MR) is 90.2 cm³/mol. The van der Waals surface area contributed by atoms with Crippen LogP contribution in [0.2, 0.25) is 0 Å². The van der Waals surface area contributed by atoms with Crippen LogP contribution in [0.4, 0.5) is 0 Å². The second-order valence-corrected chi connectivity index (χ2v) is 9.02. The summed E-state index contributed by atoms with van der Waals surface area (Å²) in [7, 11) is -2.98. The summed E-state index contributed by atoms with van der Waals surface area (Å²) < 4.78 is 25.2. The molecule has 2 rings (SSSR count). The molecule has 1 N–H and O–H groups in total. The molecule has 128 valence electrons. The number of nitrogens with zero attached hydrogens (tertiary/aromatic N) is 3. The van der Waals surface area contributed by atoms with Gasteiger partial charge in [-0.05, 0) is 20.3 Å². The number of thioether (sulfide) groups is 1. The summed E-state index contributed by atoms with van der Waals surface area (Å²) >= 11 is 1.30. The minimum atomic E-state index is -2.98. The van der Waals surface area contributed by atoms with Crippen LogP contribution in [0.3, 0.4) is 0 Å². The molecule has 23 heavy (non-hydrogen) atoms. The van der Waals surface area contributed by atoms with E-state index in [0.29, 0.717) is 23.9 Å². The molecule has 1 aromatic heterocycles. The number of aromatic nitrogens is 3. The fourth-order valence-electron chi connectivity index (χ4n) is 2.50. The van der Waals surface area contributed by atoms with Crippen molar-refractivity contribution in [3.05, 3.63) is 18.5 Å². The van der Waals surface area contributed by atoms with Crippen molar-refractivity contribution in [2.45, 2.75) is 43.9 Å². The van der Waals surface area contributed by atoms with Gasteiger partial charge in [-0.15, -0.1) is 16.8 Å². The number of hydrogen-bond donors (Lipinski definition) is 1. The number of amides is 1. The Kier molecular flexibility index (Phi) is 5.85. The SMILES string of the molecule is C=CCn1c(SCC(=O)NC(C)C)nnc1[C@H]1CCS(=O)(=O)C1. The van der Waals surface area contributed by atoms with Gasteiger partial charge in [0.05, 0.1) is 17.3 Å². The molecule has 1 saturated heterocycles. The van der Waals surface area contributed by atoms with E-state index in [2.05, 4.69) is 22.1 Å². The Balaban J connectivity index is 2.12. The van der Waals surface area contributed by atoms with Gasteiger partial charge in [0.1, 0.15) is 5.82 Å². The molecule has 1 aliphatic rings. The van der Waals surface area contributed by atoms with Crippen molar-refractivity contribution in [3.63, 3.8) is 0 Å². The van der Waals surface area contributed by atoms with E-state index >= 15 is 0 Å². The van der Waals surface area contributed by atoms with E-state index in [1.807, 2.05) is 18.4 Å². The van der Waals surface area contributed by atoms with Crippen molar-refractivity contribution >= 4 is 27.5 Å². The maximum Gasteiger partial charge on any atom is 0.230 e. The van der Waals surface area contributed by atoms with E-state index in [4.69, 9.17) is 0 Å². The van der Waals surface area contributed by atoms with Crippen molar-refractivity contribution in [2.24, 2.45) is 0 Å². The molecule has 1 amide bonds. The number of allylic oxidation sites excluding steroid dienone is 1. The van der Waals surface area contributed by atoms with Crippen molar-refractivity contribution in [1.82, 2.24) is 20.1 Å². The lowest BCUT2D eigenvalue weighted by molar-refractivity contribution is -0.119. The number of carbonyl (C=O) groups excluding carboxylic acids is 1. The standard InChI is InChI=1S/C14H22N4O3S2/c1-4-6-18-13(11-5-7-23(20,21)9-11)16-17-14(18)22-8-12(19)15-10(2)3/h4,10-11H,1,5-9H2,2-3H3,(H,15,19)/t11-/m0/s1. The molecule has 7 nitrogen and oxygen atoms in total. The lowest BCUT2D eigenvalue weighted by Gasteiger charge is -2.11. The lowest BCUT2D eigenvalue weighted by atomic mass is 10.1. The molecule has 1 fully saturated rings. The lowest BCUT2D eigenvalue weighted by Crippen LogP contribution is -2.31. The van der Waals surface area contributed by atoms with Crippen LogP contribution in [-0.2, 0) is 21.2 Å². The van der Waals surface area contributed by atoms with E-state index in [1.54, 1.807) is 6.08 Å². The van der Waals surface area contributed by atoms with Crippen LogP contribution in [0.1, 0.15) is 32.0 Å². The first kappa shape index (κ1) is 18.0. The van der Waals surface area contributed by atoms with Gasteiger partial charge in [-0.3, -0.25) is 4.79 Å². The first-order valence-electron chi connectivity index (χ1n) is 7.49. The minimum Gasteiger partial charge on any atom is -0.353 e. The molecular weight excluding hydrogens is 336 g/mol. The number of nitrogens with one attached hydrogen (secondary N) is 1. The molecule has 0 aromatic carbocycles. The minimum absolute atomic E-state index is 0.0665.